The Balaban J connectivity index is 1.21. The molecule has 0 spiro atoms. The summed E-state index contributed by atoms with van der Waals surface area (Å²) in [7, 11) is -3.69. The van der Waals surface area contributed by atoms with Crippen molar-refractivity contribution in [1.29, 1.82) is 0 Å². The number of carbonyl (C=O) groups is 4. The van der Waals surface area contributed by atoms with Crippen LogP contribution in [0, 0.1) is 38.4 Å². The normalized spacial score (nSPS) is 13.1. The van der Waals surface area contributed by atoms with Gasteiger partial charge in [0.15, 0.2) is 0 Å². The Bertz CT molecular complexity index is 2840. The Morgan fingerprint density at radius 2 is 1.00 bits per heavy atom. The van der Waals surface area contributed by atoms with Gasteiger partial charge in [0.25, 0.3) is 5.91 Å². The smallest absolute Gasteiger partial charge is 0.335 e. The Labute approximate surface area is 591 Å². The number of rotatable bonds is 58. The third-order valence-electron chi connectivity index (χ3n) is 15.0. The second kappa shape index (κ2) is 45.8. The molecule has 28 heteroatoms. The number of aromatic nitrogens is 5. The van der Waals surface area contributed by atoms with Gasteiger partial charge in [0, 0.05) is 105 Å². The molecule has 1 unspecified atom stereocenters. The van der Waals surface area contributed by atoms with Crippen LogP contribution in [0.1, 0.15) is 152 Å². The number of hydrogen-bond donors (Lipinski definition) is 3. The van der Waals surface area contributed by atoms with Gasteiger partial charge in [-0.05, 0) is 65.7 Å². The number of benzene rings is 1. The average molecular weight is 1420 g/mol. The highest BCUT2D eigenvalue weighted by atomic mass is 32.2. The topological polar surface area (TPSA) is 313 Å². The van der Waals surface area contributed by atoms with E-state index < -0.39 is 15.1 Å². The van der Waals surface area contributed by atoms with E-state index in [-0.39, 0.29) is 120 Å². The van der Waals surface area contributed by atoms with E-state index in [1.807, 2.05) is 25.5 Å². The lowest BCUT2D eigenvalue weighted by atomic mass is 9.74. The van der Waals surface area contributed by atoms with Crippen molar-refractivity contribution < 1.29 is 84.1 Å². The van der Waals surface area contributed by atoms with Gasteiger partial charge in [-0.2, -0.15) is 0 Å². The van der Waals surface area contributed by atoms with Gasteiger partial charge in [0.2, 0.25) is 33.4 Å². The van der Waals surface area contributed by atoms with Crippen LogP contribution >= 0.6 is 0 Å². The summed E-state index contributed by atoms with van der Waals surface area (Å²) in [6, 6.07) is 6.39. The van der Waals surface area contributed by atoms with Gasteiger partial charge in [0.1, 0.15) is 0 Å². The van der Waals surface area contributed by atoms with Crippen LogP contribution < -0.4 is 16.0 Å². The van der Waals surface area contributed by atoms with Gasteiger partial charge >= 0.3 is 5.22 Å². The summed E-state index contributed by atoms with van der Waals surface area (Å²) in [5.41, 5.74) is 1.20. The zero-order valence-electron chi connectivity index (χ0n) is 62.9. The highest BCUT2D eigenvalue weighted by Crippen LogP contribution is 2.36. The average Bonchev–Trinajstić information content (AvgIpc) is 1.74. The van der Waals surface area contributed by atoms with Crippen LogP contribution in [0.2, 0.25) is 0 Å². The first kappa shape index (κ1) is 88.1. The molecule has 0 bridgehead atoms. The van der Waals surface area contributed by atoms with E-state index in [1.165, 1.54) is 0 Å². The molecule has 3 aromatic rings. The summed E-state index contributed by atoms with van der Waals surface area (Å²) >= 11 is 0. The predicted octanol–water partition coefficient (Wildman–Crippen LogP) is 7.73. The molecule has 2 aromatic heterocycles. The fraction of sp³-hybridized carbons (Fsp3) is 0.803. The lowest BCUT2D eigenvalue weighted by Gasteiger charge is -2.31. The number of nitrogens with one attached hydrogen (secondary N) is 3. The summed E-state index contributed by atoms with van der Waals surface area (Å²) in [5.74, 6) is -0.403. The number of nitrogens with zero attached hydrogens (tertiary/aromatic N) is 6. The van der Waals surface area contributed by atoms with Crippen LogP contribution in [0.5, 0.6) is 0 Å². The van der Waals surface area contributed by atoms with Crippen molar-refractivity contribution in [2.45, 2.75) is 154 Å². The Kier molecular flexibility index (Phi) is 40.7. The molecule has 99 heavy (non-hydrogen) atoms. The highest BCUT2D eigenvalue weighted by molar-refractivity contribution is 7.90. The third kappa shape index (κ3) is 42.8. The monoisotopic (exact) mass is 1420 g/mol. The first-order valence-corrected chi connectivity index (χ1v) is 36.9. The molecule has 0 aliphatic carbocycles. The lowest BCUT2D eigenvalue weighted by Crippen LogP contribution is -2.39. The van der Waals surface area contributed by atoms with E-state index in [2.05, 4.69) is 126 Å². The molecule has 0 saturated heterocycles. The molecule has 0 aliphatic heterocycles. The van der Waals surface area contributed by atoms with Crippen molar-refractivity contribution in [2.75, 3.05) is 184 Å². The van der Waals surface area contributed by atoms with Crippen molar-refractivity contribution in [3.8, 4) is 11.5 Å². The molecule has 0 fully saturated rings. The number of amides is 4. The molecule has 0 radical (unpaired) electrons. The number of ether oxygens (including phenoxy) is 11. The Morgan fingerprint density at radius 1 is 0.535 bits per heavy atom. The van der Waals surface area contributed by atoms with Crippen LogP contribution in [0.15, 0.2) is 40.1 Å². The van der Waals surface area contributed by atoms with Gasteiger partial charge in [-0.25, -0.2) is 8.42 Å². The molecule has 3 rings (SSSR count). The van der Waals surface area contributed by atoms with Crippen LogP contribution in [-0.4, -0.2) is 246 Å². The first-order chi connectivity index (χ1) is 46.6. The van der Waals surface area contributed by atoms with E-state index >= 15 is 0 Å². The zero-order chi connectivity index (χ0) is 73.4. The van der Waals surface area contributed by atoms with E-state index in [1.54, 1.807) is 29.2 Å². The van der Waals surface area contributed by atoms with Gasteiger partial charge in [-0.15, -0.1) is 10.2 Å². The standard InChI is InChI=1S/C71H125N9O18S/c1-17-26-95-53-69(10,11)49-73-61(82)23-28-88-32-36-92-40-42-94-38-34-90-30-25-79(64(84)58-20-18-57(19-21-58)63-76-77-65(98-63)99(16,85)86)24-29-89-33-37-93-41-39-91-35-31-87-27-22-60(81)72-45-56(2)47-96-54-70(12,13)50-74-62(83)44-68(8,9)52-97-55-71(14,15)51-80-46-59(75-78-80)43-67(6,7)48-66(3,4)5/h18-21,46,56H,17,22-45,47-55H2,1-16H3,(H,72,81)(H,73,82)(H,74,83). The van der Waals surface area contributed by atoms with E-state index in [9.17, 15) is 27.6 Å². The van der Waals surface area contributed by atoms with Crippen molar-refractivity contribution in [2.24, 2.45) is 38.4 Å². The van der Waals surface area contributed by atoms with E-state index in [4.69, 9.17) is 56.5 Å². The zero-order valence-corrected chi connectivity index (χ0v) is 63.8. The van der Waals surface area contributed by atoms with E-state index in [0.717, 1.165) is 31.2 Å². The Morgan fingerprint density at radius 3 is 1.49 bits per heavy atom. The van der Waals surface area contributed by atoms with Crippen LogP contribution in [0.3, 0.4) is 0 Å². The van der Waals surface area contributed by atoms with Crippen molar-refractivity contribution in [3.63, 3.8) is 0 Å². The van der Waals surface area contributed by atoms with Crippen molar-refractivity contribution >= 4 is 33.5 Å². The SMILES string of the molecule is CCCOCC(C)(C)CNC(=O)CCOCCOCCOCCOCCN(CCOCCOCCOCCOCCC(=O)NCC(C)COCC(C)(C)CNC(=O)CC(C)(C)COCC(C)(C)Cn1cc(CC(C)(C)CC(C)(C)C)nn1)C(=O)c1ccc(-c2nnc(S(C)(=O)=O)o2)cc1. The molecule has 0 aliphatic rings. The van der Waals surface area contributed by atoms with E-state index in [0.29, 0.717) is 163 Å². The number of sulfone groups is 1. The van der Waals surface area contributed by atoms with Crippen molar-refractivity contribution in [3.05, 3.63) is 41.7 Å². The maximum atomic E-state index is 13.7. The second-order valence-electron chi connectivity index (χ2n) is 30.8. The highest BCUT2D eigenvalue weighted by Gasteiger charge is 2.30. The maximum Gasteiger partial charge on any atom is 0.335 e. The minimum atomic E-state index is -3.69. The fourth-order valence-corrected chi connectivity index (χ4v) is 10.8. The summed E-state index contributed by atoms with van der Waals surface area (Å²) in [4.78, 5) is 53.2. The minimum Gasteiger partial charge on any atom is -0.408 e. The largest absolute Gasteiger partial charge is 0.408 e. The summed E-state index contributed by atoms with van der Waals surface area (Å²) in [6.45, 7) is 42.9. The molecule has 27 nitrogen and oxygen atoms in total. The van der Waals surface area contributed by atoms with Gasteiger partial charge in [-0.3, -0.25) is 23.9 Å². The quantitative estimate of drug-likeness (QED) is 0.0455. The number of hydrogen-bond acceptors (Lipinski definition) is 22. The predicted molar refractivity (Wildman–Crippen MR) is 377 cm³/mol. The molecular formula is C71H125N9O18S. The maximum absolute atomic E-state index is 13.7. The van der Waals surface area contributed by atoms with Gasteiger partial charge < -0.3 is 77.4 Å². The van der Waals surface area contributed by atoms with Gasteiger partial charge in [0.05, 0.1) is 144 Å². The fourth-order valence-electron chi connectivity index (χ4n) is 10.4. The molecule has 568 valence electrons. The second-order valence-corrected chi connectivity index (χ2v) is 32.7. The first-order valence-electron chi connectivity index (χ1n) is 35.0. The molecule has 0 saturated carbocycles. The third-order valence-corrected chi connectivity index (χ3v) is 15.8. The molecule has 4 amide bonds. The van der Waals surface area contributed by atoms with Crippen molar-refractivity contribution in [1.82, 2.24) is 46.0 Å². The molecule has 2 heterocycles. The van der Waals surface area contributed by atoms with Crippen LogP contribution in [0.4, 0.5) is 0 Å². The van der Waals surface area contributed by atoms with Crippen LogP contribution in [-0.2, 0) is 89.3 Å². The summed E-state index contributed by atoms with van der Waals surface area (Å²) < 4.78 is 94.1. The molecule has 1 atom stereocenters. The van der Waals surface area contributed by atoms with Crippen LogP contribution in [0.25, 0.3) is 11.5 Å². The molecule has 1 aromatic carbocycles. The lowest BCUT2D eigenvalue weighted by molar-refractivity contribution is -0.125. The number of carbonyl (C=O) groups excluding carboxylic acids is 4. The molecular weight excluding hydrogens is 1300 g/mol. The summed E-state index contributed by atoms with van der Waals surface area (Å²) in [5, 5.41) is 24.8. The van der Waals surface area contributed by atoms with Gasteiger partial charge in [-0.1, -0.05) is 114 Å². The Hall–Kier alpha value is -5.11. The minimum absolute atomic E-state index is 0.00434. The molecule has 3 N–H and O–H groups in total. The summed E-state index contributed by atoms with van der Waals surface area (Å²) in [6.07, 6.45) is 6.76.